The third kappa shape index (κ3) is 2.30. The molecule has 0 radical (unpaired) electrons. The van der Waals surface area contributed by atoms with E-state index in [2.05, 4.69) is 5.32 Å². The number of benzene rings is 1. The highest BCUT2D eigenvalue weighted by molar-refractivity contribution is 7.91. The molecule has 0 spiro atoms. The Morgan fingerprint density at radius 1 is 1.37 bits per heavy atom. The van der Waals surface area contributed by atoms with Gasteiger partial charge in [0, 0.05) is 6.04 Å². The van der Waals surface area contributed by atoms with Crippen molar-refractivity contribution in [3.63, 3.8) is 0 Å². The third-order valence-electron chi connectivity index (χ3n) is 3.51. The van der Waals surface area contributed by atoms with Gasteiger partial charge in [0.05, 0.1) is 29.4 Å². The second-order valence-corrected chi connectivity index (χ2v) is 7.12. The van der Waals surface area contributed by atoms with Crippen LogP contribution >= 0.6 is 0 Å². The van der Waals surface area contributed by atoms with E-state index in [1.54, 1.807) is 11.0 Å². The molecule has 5 nitrogen and oxygen atoms in total. The van der Waals surface area contributed by atoms with Gasteiger partial charge in [-0.3, -0.25) is 4.79 Å². The average Bonchev–Trinajstić information content (AvgIpc) is 2.68. The summed E-state index contributed by atoms with van der Waals surface area (Å²) in [7, 11) is -3.02. The lowest BCUT2D eigenvalue weighted by Crippen LogP contribution is -2.45. The zero-order valence-electron chi connectivity index (χ0n) is 10.1. The smallest absolute Gasteiger partial charge is 0.243 e. The summed E-state index contributed by atoms with van der Waals surface area (Å²) in [5.41, 5.74) is 1.09. The van der Waals surface area contributed by atoms with Crippen LogP contribution in [0.15, 0.2) is 18.2 Å². The van der Waals surface area contributed by atoms with Crippen LogP contribution in [0.5, 0.6) is 0 Å². The summed E-state index contributed by atoms with van der Waals surface area (Å²) in [6.45, 7) is 0.110. The van der Waals surface area contributed by atoms with Crippen LogP contribution in [0.2, 0.25) is 0 Å². The second-order valence-electron chi connectivity index (χ2n) is 4.89. The fourth-order valence-corrected chi connectivity index (χ4v) is 4.37. The maximum Gasteiger partial charge on any atom is 0.243 e. The van der Waals surface area contributed by atoms with Gasteiger partial charge in [-0.1, -0.05) is 0 Å². The summed E-state index contributed by atoms with van der Waals surface area (Å²) in [6.07, 6.45) is 0.506. The quantitative estimate of drug-likeness (QED) is 0.827. The maximum absolute atomic E-state index is 13.2. The Balaban J connectivity index is 1.98. The molecule has 2 heterocycles. The molecule has 1 amide bonds. The number of rotatable bonds is 1. The standard InChI is InChI=1S/C12H13FN2O3S/c13-8-1-2-11-10(5-8)14-12(16)6-15(11)9-3-4-19(17,18)7-9/h1-2,5,9H,3-4,6-7H2,(H,14,16). The zero-order chi connectivity index (χ0) is 13.6. The van der Waals surface area contributed by atoms with E-state index in [1.165, 1.54) is 12.1 Å². The van der Waals surface area contributed by atoms with Crippen LogP contribution in [0.3, 0.4) is 0 Å². The average molecular weight is 284 g/mol. The summed E-state index contributed by atoms with van der Waals surface area (Å²) in [5.74, 6) is -0.481. The molecule has 1 atom stereocenters. The fraction of sp³-hybridized carbons (Fsp3) is 0.417. The molecule has 2 aliphatic heterocycles. The molecule has 1 N–H and O–H groups in total. The van der Waals surface area contributed by atoms with Gasteiger partial charge in [-0.25, -0.2) is 12.8 Å². The molecule has 1 unspecified atom stereocenters. The van der Waals surface area contributed by atoms with Gasteiger partial charge >= 0.3 is 0 Å². The molecule has 1 aromatic carbocycles. The van der Waals surface area contributed by atoms with Gasteiger partial charge < -0.3 is 10.2 Å². The molecule has 1 fully saturated rings. The van der Waals surface area contributed by atoms with Crippen LogP contribution in [0.1, 0.15) is 6.42 Å². The van der Waals surface area contributed by atoms with Gasteiger partial charge in [0.25, 0.3) is 0 Å². The Bertz CT molecular complexity index is 644. The predicted octanol–water partition coefficient (Wildman–Crippen LogP) is 0.771. The van der Waals surface area contributed by atoms with Gasteiger partial charge in [0.15, 0.2) is 9.84 Å². The van der Waals surface area contributed by atoms with Crippen molar-refractivity contribution in [1.29, 1.82) is 0 Å². The molecule has 0 aromatic heterocycles. The minimum absolute atomic E-state index is 0.0527. The Hall–Kier alpha value is -1.63. The number of hydrogen-bond donors (Lipinski definition) is 1. The number of anilines is 2. The lowest BCUT2D eigenvalue weighted by Gasteiger charge is -2.35. The van der Waals surface area contributed by atoms with Crippen LogP contribution in [-0.4, -0.2) is 38.4 Å². The molecule has 19 heavy (non-hydrogen) atoms. The monoisotopic (exact) mass is 284 g/mol. The van der Waals surface area contributed by atoms with E-state index in [9.17, 15) is 17.6 Å². The van der Waals surface area contributed by atoms with Gasteiger partial charge in [-0.2, -0.15) is 0 Å². The number of halogens is 1. The molecule has 0 bridgehead atoms. The van der Waals surface area contributed by atoms with Crippen molar-refractivity contribution < 1.29 is 17.6 Å². The summed E-state index contributed by atoms with van der Waals surface area (Å²) in [5, 5.41) is 2.60. The van der Waals surface area contributed by atoms with Crippen LogP contribution in [0.4, 0.5) is 15.8 Å². The minimum Gasteiger partial charge on any atom is -0.356 e. The molecular formula is C12H13FN2O3S. The molecule has 0 saturated carbocycles. The van der Waals surface area contributed by atoms with Crippen molar-refractivity contribution in [2.45, 2.75) is 12.5 Å². The molecule has 1 aromatic rings. The number of fused-ring (bicyclic) bond motifs is 1. The first-order valence-electron chi connectivity index (χ1n) is 6.01. The van der Waals surface area contributed by atoms with Crippen molar-refractivity contribution in [3.05, 3.63) is 24.0 Å². The van der Waals surface area contributed by atoms with Crippen molar-refractivity contribution in [2.75, 3.05) is 28.3 Å². The van der Waals surface area contributed by atoms with E-state index in [0.29, 0.717) is 17.8 Å². The summed E-state index contributed by atoms with van der Waals surface area (Å²) < 4.78 is 36.3. The molecule has 3 rings (SSSR count). The lowest BCUT2D eigenvalue weighted by atomic mass is 10.1. The number of carbonyl (C=O) groups excluding carboxylic acids is 1. The van der Waals surface area contributed by atoms with Crippen LogP contribution in [0.25, 0.3) is 0 Å². The molecule has 102 valence electrons. The van der Waals surface area contributed by atoms with Crippen molar-refractivity contribution in [2.24, 2.45) is 0 Å². The highest BCUT2D eigenvalue weighted by Gasteiger charge is 2.35. The van der Waals surface area contributed by atoms with Gasteiger partial charge in [-0.05, 0) is 24.6 Å². The lowest BCUT2D eigenvalue weighted by molar-refractivity contribution is -0.115. The first-order valence-corrected chi connectivity index (χ1v) is 7.83. The Morgan fingerprint density at radius 2 is 2.16 bits per heavy atom. The van der Waals surface area contributed by atoms with Crippen molar-refractivity contribution >= 4 is 27.1 Å². The number of nitrogens with one attached hydrogen (secondary N) is 1. The van der Waals surface area contributed by atoms with Gasteiger partial charge in [0.2, 0.25) is 5.91 Å². The molecule has 0 aliphatic carbocycles. The summed E-state index contributed by atoms with van der Waals surface area (Å²) >= 11 is 0. The van der Waals surface area contributed by atoms with E-state index in [1.807, 2.05) is 0 Å². The highest BCUT2D eigenvalue weighted by Crippen LogP contribution is 2.33. The van der Waals surface area contributed by atoms with Gasteiger partial charge in [-0.15, -0.1) is 0 Å². The zero-order valence-corrected chi connectivity index (χ0v) is 10.9. The minimum atomic E-state index is -3.02. The molecule has 7 heteroatoms. The Morgan fingerprint density at radius 3 is 2.84 bits per heavy atom. The molecular weight excluding hydrogens is 271 g/mol. The first kappa shape index (κ1) is 12.4. The third-order valence-corrected chi connectivity index (χ3v) is 5.26. The largest absolute Gasteiger partial charge is 0.356 e. The molecule has 2 aliphatic rings. The number of amides is 1. The van der Waals surface area contributed by atoms with Crippen LogP contribution < -0.4 is 10.2 Å². The number of sulfone groups is 1. The van der Waals surface area contributed by atoms with Crippen LogP contribution in [-0.2, 0) is 14.6 Å². The van der Waals surface area contributed by atoms with E-state index < -0.39 is 15.7 Å². The number of hydrogen-bond acceptors (Lipinski definition) is 4. The SMILES string of the molecule is O=C1CN(C2CCS(=O)(=O)C2)c2ccc(F)cc2N1. The van der Waals surface area contributed by atoms with Crippen molar-refractivity contribution in [3.8, 4) is 0 Å². The van der Waals surface area contributed by atoms with Gasteiger partial charge in [0.1, 0.15) is 5.82 Å². The number of carbonyl (C=O) groups is 1. The second kappa shape index (κ2) is 4.19. The van der Waals surface area contributed by atoms with Crippen molar-refractivity contribution in [1.82, 2.24) is 0 Å². The predicted molar refractivity (Wildman–Crippen MR) is 69.4 cm³/mol. The van der Waals surface area contributed by atoms with E-state index >= 15 is 0 Å². The fourth-order valence-electron chi connectivity index (χ4n) is 2.64. The van der Waals surface area contributed by atoms with E-state index in [-0.39, 0.29) is 30.0 Å². The van der Waals surface area contributed by atoms with E-state index in [4.69, 9.17) is 0 Å². The highest BCUT2D eigenvalue weighted by atomic mass is 32.2. The normalized spacial score (nSPS) is 25.0. The molecule has 1 saturated heterocycles. The summed E-state index contributed by atoms with van der Waals surface area (Å²) in [6, 6.07) is 3.94. The maximum atomic E-state index is 13.2. The van der Waals surface area contributed by atoms with E-state index in [0.717, 1.165) is 0 Å². The van der Waals surface area contributed by atoms with Crippen LogP contribution in [0, 0.1) is 5.82 Å². The first-order chi connectivity index (χ1) is 8.94. The number of nitrogens with zero attached hydrogens (tertiary/aromatic N) is 1. The Labute approximate surface area is 110 Å². The Kier molecular flexibility index (Phi) is 2.74. The topological polar surface area (TPSA) is 66.5 Å². The summed E-state index contributed by atoms with van der Waals surface area (Å²) in [4.78, 5) is 13.4.